The summed E-state index contributed by atoms with van der Waals surface area (Å²) in [5, 5.41) is 1.08. The molecule has 1 aliphatic rings. The van der Waals surface area contributed by atoms with Gasteiger partial charge >= 0.3 is 0 Å². The number of hydrogen-bond donors (Lipinski definition) is 0. The molecule has 4 rings (SSSR count). The van der Waals surface area contributed by atoms with Gasteiger partial charge in [-0.05, 0) is 31.5 Å². The minimum atomic E-state index is -0.0301. The Bertz CT molecular complexity index is 933. The average Bonchev–Trinajstić information content (AvgIpc) is 2.96. The molecule has 0 aliphatic carbocycles. The number of benzene rings is 2. The summed E-state index contributed by atoms with van der Waals surface area (Å²) in [6.45, 7) is 4.14. The van der Waals surface area contributed by atoms with Crippen LogP contribution in [0.1, 0.15) is 22.1 Å². The molecule has 4 heteroatoms. The standard InChI is InChI=1S/C20H18N2OS/c1-13-8-9-17(14(2)11-13)22-18(23)12-24-20(22)16-7-3-5-15-6-4-10-21-19(15)16/h3-11,20H,12H2,1-2H3/t20-/m0/s1. The first-order valence-corrected chi connectivity index (χ1v) is 9.04. The van der Waals surface area contributed by atoms with Crippen molar-refractivity contribution in [3.05, 3.63) is 71.4 Å². The van der Waals surface area contributed by atoms with E-state index in [4.69, 9.17) is 0 Å². The number of para-hydroxylation sites is 1. The second-order valence-electron chi connectivity index (χ2n) is 6.14. The number of fused-ring (bicyclic) bond motifs is 1. The van der Waals surface area contributed by atoms with E-state index >= 15 is 0 Å². The van der Waals surface area contributed by atoms with Crippen LogP contribution in [0.25, 0.3) is 10.9 Å². The number of aromatic nitrogens is 1. The molecule has 1 fully saturated rings. The molecule has 2 heterocycles. The lowest BCUT2D eigenvalue weighted by molar-refractivity contribution is -0.115. The number of thioether (sulfide) groups is 1. The maximum atomic E-state index is 12.6. The zero-order valence-electron chi connectivity index (χ0n) is 13.7. The summed E-state index contributed by atoms with van der Waals surface area (Å²) >= 11 is 1.67. The van der Waals surface area contributed by atoms with E-state index in [0.29, 0.717) is 5.75 Å². The highest BCUT2D eigenvalue weighted by Crippen LogP contribution is 2.44. The number of aryl methyl sites for hydroxylation is 2. The Labute approximate surface area is 145 Å². The lowest BCUT2D eigenvalue weighted by Gasteiger charge is -2.26. The Kier molecular flexibility index (Phi) is 3.77. The molecule has 0 N–H and O–H groups in total. The SMILES string of the molecule is Cc1ccc(N2C(=O)CS[C@H]2c2cccc3cccnc23)c(C)c1. The van der Waals surface area contributed by atoms with Gasteiger partial charge in [0.15, 0.2) is 0 Å². The summed E-state index contributed by atoms with van der Waals surface area (Å²) in [5.41, 5.74) is 5.40. The molecule has 0 radical (unpaired) electrons. The van der Waals surface area contributed by atoms with E-state index in [9.17, 15) is 4.79 Å². The van der Waals surface area contributed by atoms with Crippen LogP contribution in [-0.4, -0.2) is 16.6 Å². The molecule has 3 aromatic rings. The summed E-state index contributed by atoms with van der Waals surface area (Å²) in [6.07, 6.45) is 1.81. The molecular weight excluding hydrogens is 316 g/mol. The van der Waals surface area contributed by atoms with E-state index in [1.165, 1.54) is 5.56 Å². The minimum absolute atomic E-state index is 0.0301. The normalized spacial score (nSPS) is 17.7. The van der Waals surface area contributed by atoms with Crippen LogP contribution in [0.15, 0.2) is 54.7 Å². The van der Waals surface area contributed by atoms with Crippen LogP contribution in [-0.2, 0) is 4.79 Å². The highest BCUT2D eigenvalue weighted by atomic mass is 32.2. The van der Waals surface area contributed by atoms with Gasteiger partial charge < -0.3 is 0 Å². The lowest BCUT2D eigenvalue weighted by atomic mass is 10.1. The van der Waals surface area contributed by atoms with Crippen molar-refractivity contribution in [1.82, 2.24) is 4.98 Å². The highest BCUT2D eigenvalue weighted by molar-refractivity contribution is 8.00. The molecule has 0 spiro atoms. The Balaban J connectivity index is 1.86. The van der Waals surface area contributed by atoms with Crippen molar-refractivity contribution in [2.24, 2.45) is 0 Å². The van der Waals surface area contributed by atoms with Crippen molar-refractivity contribution in [3.8, 4) is 0 Å². The summed E-state index contributed by atoms with van der Waals surface area (Å²) in [4.78, 5) is 19.1. The number of pyridine rings is 1. The first-order chi connectivity index (χ1) is 11.6. The van der Waals surface area contributed by atoms with Gasteiger partial charge in [-0.1, -0.05) is 42.0 Å². The molecule has 2 aromatic carbocycles. The molecule has 3 nitrogen and oxygen atoms in total. The Hall–Kier alpha value is -2.33. The van der Waals surface area contributed by atoms with E-state index in [-0.39, 0.29) is 11.3 Å². The van der Waals surface area contributed by atoms with Crippen molar-refractivity contribution in [2.75, 3.05) is 10.7 Å². The molecule has 1 aliphatic heterocycles. The van der Waals surface area contributed by atoms with Gasteiger partial charge in [0.2, 0.25) is 5.91 Å². The fourth-order valence-electron chi connectivity index (χ4n) is 3.32. The topological polar surface area (TPSA) is 33.2 Å². The van der Waals surface area contributed by atoms with E-state index in [1.54, 1.807) is 11.8 Å². The van der Waals surface area contributed by atoms with Gasteiger partial charge in [0.05, 0.1) is 11.3 Å². The quantitative estimate of drug-likeness (QED) is 0.685. The summed E-state index contributed by atoms with van der Waals surface area (Å²) in [5.74, 6) is 0.658. The highest BCUT2D eigenvalue weighted by Gasteiger charge is 2.35. The van der Waals surface area contributed by atoms with E-state index in [0.717, 1.165) is 27.7 Å². The lowest BCUT2D eigenvalue weighted by Crippen LogP contribution is -2.28. The van der Waals surface area contributed by atoms with Crippen molar-refractivity contribution < 1.29 is 4.79 Å². The van der Waals surface area contributed by atoms with Gasteiger partial charge in [0.1, 0.15) is 5.37 Å². The summed E-state index contributed by atoms with van der Waals surface area (Å²) in [6, 6.07) is 16.5. The van der Waals surface area contributed by atoms with Crippen LogP contribution in [0, 0.1) is 13.8 Å². The van der Waals surface area contributed by atoms with Gasteiger partial charge in [-0.2, -0.15) is 0 Å². The largest absolute Gasteiger partial charge is 0.295 e. The number of nitrogens with zero attached hydrogens (tertiary/aromatic N) is 2. The van der Waals surface area contributed by atoms with Crippen molar-refractivity contribution in [3.63, 3.8) is 0 Å². The maximum absolute atomic E-state index is 12.6. The van der Waals surface area contributed by atoms with Crippen LogP contribution < -0.4 is 4.90 Å². The van der Waals surface area contributed by atoms with Crippen LogP contribution in [0.2, 0.25) is 0 Å². The van der Waals surface area contributed by atoms with Gasteiger partial charge in [0, 0.05) is 22.8 Å². The van der Waals surface area contributed by atoms with Crippen LogP contribution in [0.4, 0.5) is 5.69 Å². The molecule has 24 heavy (non-hydrogen) atoms. The number of anilines is 1. The second-order valence-corrected chi connectivity index (χ2v) is 7.21. The third-order valence-electron chi connectivity index (χ3n) is 4.41. The van der Waals surface area contributed by atoms with Crippen molar-refractivity contribution >= 4 is 34.3 Å². The Morgan fingerprint density at radius 2 is 1.96 bits per heavy atom. The number of carbonyl (C=O) groups excluding carboxylic acids is 1. The van der Waals surface area contributed by atoms with Gasteiger partial charge in [-0.25, -0.2) is 0 Å². The Morgan fingerprint density at radius 3 is 2.79 bits per heavy atom. The summed E-state index contributed by atoms with van der Waals surface area (Å²) in [7, 11) is 0. The molecule has 1 atom stereocenters. The molecule has 0 unspecified atom stereocenters. The number of rotatable bonds is 2. The fraction of sp³-hybridized carbons (Fsp3) is 0.200. The molecule has 0 bridgehead atoms. The molecule has 120 valence electrons. The van der Waals surface area contributed by atoms with Gasteiger partial charge in [0.25, 0.3) is 0 Å². The van der Waals surface area contributed by atoms with E-state index < -0.39 is 0 Å². The molecule has 1 amide bonds. The van der Waals surface area contributed by atoms with Gasteiger partial charge in [-0.3, -0.25) is 14.7 Å². The van der Waals surface area contributed by atoms with Crippen molar-refractivity contribution in [2.45, 2.75) is 19.2 Å². The number of hydrogen-bond acceptors (Lipinski definition) is 3. The predicted molar refractivity (Wildman–Crippen MR) is 100 cm³/mol. The first-order valence-electron chi connectivity index (χ1n) is 8.00. The molecular formula is C20H18N2OS. The average molecular weight is 334 g/mol. The first kappa shape index (κ1) is 15.2. The molecule has 1 aromatic heterocycles. The zero-order chi connectivity index (χ0) is 16.7. The zero-order valence-corrected chi connectivity index (χ0v) is 14.5. The number of carbonyl (C=O) groups is 1. The molecule has 0 saturated carbocycles. The maximum Gasteiger partial charge on any atom is 0.238 e. The third-order valence-corrected chi connectivity index (χ3v) is 5.60. The van der Waals surface area contributed by atoms with Gasteiger partial charge in [-0.15, -0.1) is 11.8 Å². The summed E-state index contributed by atoms with van der Waals surface area (Å²) < 4.78 is 0. The third kappa shape index (κ3) is 2.47. The van der Waals surface area contributed by atoms with Crippen LogP contribution in [0.3, 0.4) is 0 Å². The monoisotopic (exact) mass is 334 g/mol. The predicted octanol–water partition coefficient (Wildman–Crippen LogP) is 4.63. The Morgan fingerprint density at radius 1 is 1.12 bits per heavy atom. The second kappa shape index (κ2) is 5.95. The molecule has 1 saturated heterocycles. The van der Waals surface area contributed by atoms with E-state index in [2.05, 4.69) is 55.2 Å². The van der Waals surface area contributed by atoms with Crippen molar-refractivity contribution in [1.29, 1.82) is 0 Å². The van der Waals surface area contributed by atoms with E-state index in [1.807, 2.05) is 23.2 Å². The van der Waals surface area contributed by atoms with Crippen LogP contribution >= 0.6 is 11.8 Å². The minimum Gasteiger partial charge on any atom is -0.295 e. The fourth-order valence-corrected chi connectivity index (χ4v) is 4.51. The number of amides is 1. The smallest absolute Gasteiger partial charge is 0.238 e. The van der Waals surface area contributed by atoms with Crippen LogP contribution in [0.5, 0.6) is 0 Å².